The summed E-state index contributed by atoms with van der Waals surface area (Å²) in [6.07, 6.45) is 6.42. The van der Waals surface area contributed by atoms with Crippen molar-refractivity contribution >= 4 is 11.9 Å². The van der Waals surface area contributed by atoms with Crippen molar-refractivity contribution < 1.29 is 19.1 Å². The Balaban J connectivity index is 2.82. The Kier molecular flexibility index (Phi) is 6.21. The molecule has 2 atom stereocenters. The molecule has 0 heterocycles. The van der Waals surface area contributed by atoms with E-state index in [1.807, 2.05) is 53.7 Å². The van der Waals surface area contributed by atoms with Crippen molar-refractivity contribution in [3.8, 4) is 0 Å². The third kappa shape index (κ3) is 5.15. The largest absolute Gasteiger partial charge is 0.459 e. The first kappa shape index (κ1) is 18.7. The lowest BCUT2D eigenvalue weighted by atomic mass is 9.82. The maximum Gasteiger partial charge on any atom is 0.310 e. The first-order valence-corrected chi connectivity index (χ1v) is 8.22. The molecule has 0 aliphatic heterocycles. The van der Waals surface area contributed by atoms with Crippen LogP contribution in [0.15, 0.2) is 12.2 Å². The summed E-state index contributed by atoms with van der Waals surface area (Å²) in [6, 6.07) is 0. The van der Waals surface area contributed by atoms with Gasteiger partial charge in [-0.2, -0.15) is 0 Å². The van der Waals surface area contributed by atoms with Gasteiger partial charge in [0, 0.05) is 0 Å². The molecule has 1 rings (SSSR count). The Labute approximate surface area is 134 Å². The van der Waals surface area contributed by atoms with Crippen molar-refractivity contribution in [1.29, 1.82) is 0 Å². The minimum atomic E-state index is -0.505. The lowest BCUT2D eigenvalue weighted by molar-refractivity contribution is -0.175. The van der Waals surface area contributed by atoms with Crippen molar-refractivity contribution in [2.75, 3.05) is 0 Å². The van der Waals surface area contributed by atoms with Gasteiger partial charge in [0.1, 0.15) is 11.2 Å². The quantitative estimate of drug-likeness (QED) is 0.549. The van der Waals surface area contributed by atoms with E-state index < -0.39 is 23.0 Å². The lowest BCUT2D eigenvalue weighted by Gasteiger charge is -2.32. The number of carbonyl (C=O) groups is 2. The van der Waals surface area contributed by atoms with Crippen molar-refractivity contribution in [2.45, 2.75) is 78.4 Å². The molecule has 1 aliphatic carbocycles. The van der Waals surface area contributed by atoms with Gasteiger partial charge in [-0.15, -0.1) is 0 Å². The van der Waals surface area contributed by atoms with Crippen LogP contribution < -0.4 is 0 Å². The molecule has 0 bridgehead atoms. The number of ether oxygens (including phenoxy) is 2. The molecule has 0 saturated carbocycles. The van der Waals surface area contributed by atoms with Gasteiger partial charge in [-0.25, -0.2) is 0 Å². The average molecular weight is 310 g/mol. The fourth-order valence-electron chi connectivity index (χ4n) is 2.18. The molecular formula is C18H30O4. The highest BCUT2D eigenvalue weighted by Crippen LogP contribution is 2.31. The molecule has 0 spiro atoms. The predicted octanol–water partition coefficient (Wildman–Crippen LogP) is 4.03. The molecule has 0 aromatic heterocycles. The van der Waals surface area contributed by atoms with Crippen molar-refractivity contribution in [2.24, 2.45) is 11.8 Å². The van der Waals surface area contributed by atoms with Crippen LogP contribution in [0.5, 0.6) is 0 Å². The molecule has 0 radical (unpaired) electrons. The number of hydrogen-bond acceptors (Lipinski definition) is 4. The fourth-order valence-corrected chi connectivity index (χ4v) is 2.18. The van der Waals surface area contributed by atoms with Crippen LogP contribution in [0.3, 0.4) is 0 Å². The number of rotatable bonds is 6. The highest BCUT2D eigenvalue weighted by molar-refractivity contribution is 5.83. The van der Waals surface area contributed by atoms with Crippen LogP contribution in [-0.2, 0) is 19.1 Å². The summed E-state index contributed by atoms with van der Waals surface area (Å²) < 4.78 is 11.2. The van der Waals surface area contributed by atoms with Gasteiger partial charge in [-0.05, 0) is 53.4 Å². The standard InChI is InChI=1S/C18H30O4/c1-7-17(3,4)21-15(19)13-11-9-10-12-14(13)16(20)22-18(5,6)8-2/h9-10,13-14H,7-8,11-12H2,1-6H3. The summed E-state index contributed by atoms with van der Waals surface area (Å²) in [5.74, 6) is -1.49. The summed E-state index contributed by atoms with van der Waals surface area (Å²) in [6.45, 7) is 11.5. The van der Waals surface area contributed by atoms with Crippen molar-refractivity contribution in [3.05, 3.63) is 12.2 Å². The Hall–Kier alpha value is -1.32. The highest BCUT2D eigenvalue weighted by Gasteiger charge is 2.39. The van der Waals surface area contributed by atoms with E-state index in [0.29, 0.717) is 12.8 Å². The molecular weight excluding hydrogens is 280 g/mol. The number of carbonyl (C=O) groups excluding carboxylic acids is 2. The fraction of sp³-hybridized carbons (Fsp3) is 0.778. The molecule has 4 nitrogen and oxygen atoms in total. The number of esters is 2. The van der Waals surface area contributed by atoms with Crippen LogP contribution in [0.4, 0.5) is 0 Å². The molecule has 1 aliphatic rings. The van der Waals surface area contributed by atoms with Crippen LogP contribution in [0, 0.1) is 11.8 Å². The third-order valence-corrected chi connectivity index (χ3v) is 4.49. The van der Waals surface area contributed by atoms with Gasteiger partial charge < -0.3 is 9.47 Å². The Morgan fingerprint density at radius 1 is 0.864 bits per heavy atom. The van der Waals surface area contributed by atoms with Gasteiger partial charge in [0.25, 0.3) is 0 Å². The topological polar surface area (TPSA) is 52.6 Å². The Morgan fingerprint density at radius 3 is 1.45 bits per heavy atom. The van der Waals surface area contributed by atoms with Crippen LogP contribution >= 0.6 is 0 Å². The monoisotopic (exact) mass is 310 g/mol. The lowest BCUT2D eigenvalue weighted by Crippen LogP contribution is -2.40. The minimum absolute atomic E-state index is 0.299. The van der Waals surface area contributed by atoms with Crippen LogP contribution in [-0.4, -0.2) is 23.1 Å². The molecule has 2 unspecified atom stereocenters. The van der Waals surface area contributed by atoms with Crippen molar-refractivity contribution in [1.82, 2.24) is 0 Å². The van der Waals surface area contributed by atoms with Gasteiger partial charge in [0.15, 0.2) is 0 Å². The Bertz CT molecular complexity index is 394. The number of allylic oxidation sites excluding steroid dienone is 2. The van der Waals surface area contributed by atoms with Gasteiger partial charge in [-0.3, -0.25) is 9.59 Å². The second-order valence-electron chi connectivity index (χ2n) is 7.22. The second kappa shape index (κ2) is 7.30. The smallest absolute Gasteiger partial charge is 0.310 e. The van der Waals surface area contributed by atoms with E-state index in [-0.39, 0.29) is 11.9 Å². The van der Waals surface area contributed by atoms with Crippen LogP contribution in [0.25, 0.3) is 0 Å². The zero-order chi connectivity index (χ0) is 17.0. The summed E-state index contributed by atoms with van der Waals surface area (Å²) in [7, 11) is 0. The third-order valence-electron chi connectivity index (χ3n) is 4.49. The SMILES string of the molecule is CCC(C)(C)OC(=O)C1CC=CCC1C(=O)OC(C)(C)CC. The second-order valence-corrected chi connectivity index (χ2v) is 7.22. The highest BCUT2D eigenvalue weighted by atomic mass is 16.6. The summed E-state index contributed by atoms with van der Waals surface area (Å²) >= 11 is 0. The van der Waals surface area contributed by atoms with Gasteiger partial charge in [-0.1, -0.05) is 26.0 Å². The number of hydrogen-bond donors (Lipinski definition) is 0. The van der Waals surface area contributed by atoms with Crippen molar-refractivity contribution in [3.63, 3.8) is 0 Å². The zero-order valence-electron chi connectivity index (χ0n) is 14.8. The van der Waals surface area contributed by atoms with Crippen LogP contribution in [0.1, 0.15) is 67.2 Å². The van der Waals surface area contributed by atoms with Gasteiger partial charge in [0.2, 0.25) is 0 Å². The van der Waals surface area contributed by atoms with E-state index in [9.17, 15) is 9.59 Å². The molecule has 0 aromatic carbocycles. The summed E-state index contributed by atoms with van der Waals surface area (Å²) in [4.78, 5) is 24.9. The molecule has 126 valence electrons. The van der Waals surface area contributed by atoms with Crippen LogP contribution in [0.2, 0.25) is 0 Å². The van der Waals surface area contributed by atoms with E-state index in [1.165, 1.54) is 0 Å². The molecule has 0 saturated heterocycles. The minimum Gasteiger partial charge on any atom is -0.459 e. The first-order valence-electron chi connectivity index (χ1n) is 8.22. The molecule has 0 amide bonds. The van der Waals surface area contributed by atoms with E-state index in [4.69, 9.17) is 9.47 Å². The van der Waals surface area contributed by atoms with E-state index in [0.717, 1.165) is 12.8 Å². The molecule has 0 N–H and O–H groups in total. The van der Waals surface area contributed by atoms with Gasteiger partial charge >= 0.3 is 11.9 Å². The zero-order valence-corrected chi connectivity index (χ0v) is 14.8. The Morgan fingerprint density at radius 2 is 1.18 bits per heavy atom. The van der Waals surface area contributed by atoms with Gasteiger partial charge in [0.05, 0.1) is 11.8 Å². The maximum absolute atomic E-state index is 12.5. The molecule has 0 aromatic rings. The molecule has 0 fully saturated rings. The predicted molar refractivity (Wildman–Crippen MR) is 86.3 cm³/mol. The maximum atomic E-state index is 12.5. The molecule has 4 heteroatoms. The normalized spacial score (nSPS) is 22.3. The molecule has 22 heavy (non-hydrogen) atoms. The van der Waals surface area contributed by atoms with E-state index in [1.54, 1.807) is 0 Å². The van der Waals surface area contributed by atoms with E-state index in [2.05, 4.69) is 0 Å². The summed E-state index contributed by atoms with van der Waals surface area (Å²) in [5, 5.41) is 0. The average Bonchev–Trinajstić information content (AvgIpc) is 2.46. The van der Waals surface area contributed by atoms with E-state index >= 15 is 0 Å². The first-order chi connectivity index (χ1) is 10.1. The summed E-state index contributed by atoms with van der Waals surface area (Å²) in [5.41, 5.74) is -1.01.